The average molecular weight is 264 g/mol. The quantitative estimate of drug-likeness (QED) is 0.802. The van der Waals surface area contributed by atoms with E-state index in [9.17, 15) is 13.6 Å². The molecule has 0 saturated heterocycles. The molecule has 0 aliphatic heterocycles. The van der Waals surface area contributed by atoms with Crippen molar-refractivity contribution in [3.8, 4) is 0 Å². The zero-order valence-corrected chi connectivity index (χ0v) is 10.4. The van der Waals surface area contributed by atoms with Gasteiger partial charge in [0.1, 0.15) is 5.69 Å². The summed E-state index contributed by atoms with van der Waals surface area (Å²) in [4.78, 5) is 10.4. The Bertz CT molecular complexity index is 394. The number of hydrogen-bond donors (Lipinski definition) is 1. The third-order valence-electron chi connectivity index (χ3n) is 1.87. The molecule has 0 amide bonds. The molecule has 96 valence electrons. The predicted octanol–water partition coefficient (Wildman–Crippen LogP) is 2.65. The van der Waals surface area contributed by atoms with Gasteiger partial charge in [-0.25, -0.2) is 8.78 Å². The summed E-state index contributed by atoms with van der Waals surface area (Å²) in [5, 5.41) is 12.8. The van der Waals surface area contributed by atoms with Crippen LogP contribution < -0.4 is 0 Å². The van der Waals surface area contributed by atoms with Crippen molar-refractivity contribution in [2.75, 3.05) is 5.75 Å². The fourth-order valence-electron chi connectivity index (χ4n) is 1.25. The molecule has 7 heteroatoms. The van der Waals surface area contributed by atoms with Crippen LogP contribution in [0.4, 0.5) is 8.78 Å². The van der Waals surface area contributed by atoms with Gasteiger partial charge < -0.3 is 5.11 Å². The first-order valence-electron chi connectivity index (χ1n) is 5.10. The van der Waals surface area contributed by atoms with Gasteiger partial charge in [-0.1, -0.05) is 25.6 Å². The highest BCUT2D eigenvalue weighted by atomic mass is 32.2. The van der Waals surface area contributed by atoms with Crippen molar-refractivity contribution in [3.05, 3.63) is 11.8 Å². The van der Waals surface area contributed by atoms with Gasteiger partial charge in [-0.3, -0.25) is 9.48 Å². The summed E-state index contributed by atoms with van der Waals surface area (Å²) in [5.74, 6) is -0.887. The maximum Gasteiger partial charge on any atom is 0.313 e. The van der Waals surface area contributed by atoms with Crippen molar-refractivity contribution < 1.29 is 18.7 Å². The van der Waals surface area contributed by atoms with E-state index in [1.807, 2.05) is 13.8 Å². The van der Waals surface area contributed by atoms with Gasteiger partial charge in [0.15, 0.2) is 0 Å². The van der Waals surface area contributed by atoms with Crippen LogP contribution in [0.5, 0.6) is 0 Å². The van der Waals surface area contributed by atoms with E-state index in [2.05, 4.69) is 5.10 Å². The molecule has 0 fully saturated rings. The first-order chi connectivity index (χ1) is 7.90. The molecule has 0 saturated carbocycles. The maximum atomic E-state index is 12.5. The van der Waals surface area contributed by atoms with E-state index in [1.54, 1.807) is 0 Å². The molecule has 1 aromatic rings. The molecule has 1 rings (SSSR count). The fraction of sp³-hybridized carbons (Fsp3) is 0.600. The Balaban J connectivity index is 2.86. The smallest absolute Gasteiger partial charge is 0.313 e. The second-order valence-electron chi connectivity index (χ2n) is 3.97. The van der Waals surface area contributed by atoms with Gasteiger partial charge in [0, 0.05) is 6.54 Å². The van der Waals surface area contributed by atoms with Crippen molar-refractivity contribution in [2.24, 2.45) is 5.92 Å². The largest absolute Gasteiger partial charge is 0.481 e. The van der Waals surface area contributed by atoms with Crippen LogP contribution in [0.25, 0.3) is 0 Å². The second kappa shape index (κ2) is 6.00. The van der Waals surface area contributed by atoms with Gasteiger partial charge in [-0.15, -0.1) is 0 Å². The Labute approximate surface area is 102 Å². The van der Waals surface area contributed by atoms with Gasteiger partial charge in [-0.2, -0.15) is 5.10 Å². The Kier molecular flexibility index (Phi) is 4.92. The number of rotatable bonds is 6. The fourth-order valence-corrected chi connectivity index (χ4v) is 1.99. The second-order valence-corrected chi connectivity index (χ2v) is 4.96. The maximum absolute atomic E-state index is 12.5. The first-order valence-corrected chi connectivity index (χ1v) is 6.09. The molecule has 0 aliphatic rings. The van der Waals surface area contributed by atoms with Crippen LogP contribution in [0.2, 0.25) is 0 Å². The molecule has 0 atom stereocenters. The van der Waals surface area contributed by atoms with Crippen LogP contribution in [0.3, 0.4) is 0 Å². The van der Waals surface area contributed by atoms with E-state index in [0.717, 1.165) is 11.8 Å². The average Bonchev–Trinajstić information content (AvgIpc) is 2.57. The monoisotopic (exact) mass is 264 g/mol. The number of alkyl halides is 2. The molecular formula is C10H14F2N2O2S. The summed E-state index contributed by atoms with van der Waals surface area (Å²) >= 11 is 1.00. The zero-order valence-electron chi connectivity index (χ0n) is 9.56. The SMILES string of the molecule is CC(C)Cn1nc(C(F)F)cc1SCC(=O)O. The van der Waals surface area contributed by atoms with Gasteiger partial charge in [0.2, 0.25) is 0 Å². The number of carbonyl (C=O) groups is 1. The molecule has 4 nitrogen and oxygen atoms in total. The Hall–Kier alpha value is -1.11. The summed E-state index contributed by atoms with van der Waals surface area (Å²) in [7, 11) is 0. The molecule has 0 radical (unpaired) electrons. The summed E-state index contributed by atoms with van der Waals surface area (Å²) in [6.45, 7) is 4.37. The Morgan fingerprint density at radius 1 is 1.59 bits per heavy atom. The molecule has 0 bridgehead atoms. The summed E-state index contributed by atoms with van der Waals surface area (Å²) < 4.78 is 26.4. The lowest BCUT2D eigenvalue weighted by molar-refractivity contribution is -0.133. The number of carboxylic acids is 1. The highest BCUT2D eigenvalue weighted by molar-refractivity contribution is 7.99. The van der Waals surface area contributed by atoms with Crippen LogP contribution in [0.15, 0.2) is 11.1 Å². The lowest BCUT2D eigenvalue weighted by Crippen LogP contribution is -2.08. The van der Waals surface area contributed by atoms with E-state index < -0.39 is 12.4 Å². The van der Waals surface area contributed by atoms with Crippen LogP contribution in [0, 0.1) is 5.92 Å². The third-order valence-corrected chi connectivity index (χ3v) is 2.88. The number of thioether (sulfide) groups is 1. The van der Waals surface area contributed by atoms with Crippen LogP contribution in [-0.4, -0.2) is 26.6 Å². The molecule has 1 aromatic heterocycles. The molecule has 1 N–H and O–H groups in total. The van der Waals surface area contributed by atoms with Crippen LogP contribution >= 0.6 is 11.8 Å². The number of hydrogen-bond acceptors (Lipinski definition) is 3. The minimum atomic E-state index is -2.63. The van der Waals surface area contributed by atoms with Crippen molar-refractivity contribution in [1.29, 1.82) is 0 Å². The molecule has 0 aliphatic carbocycles. The lowest BCUT2D eigenvalue weighted by Gasteiger charge is -2.08. The Morgan fingerprint density at radius 3 is 2.71 bits per heavy atom. The molecule has 0 unspecified atom stereocenters. The van der Waals surface area contributed by atoms with Gasteiger partial charge in [0.25, 0.3) is 6.43 Å². The van der Waals surface area contributed by atoms with Gasteiger partial charge >= 0.3 is 5.97 Å². The number of nitrogens with zero attached hydrogens (tertiary/aromatic N) is 2. The lowest BCUT2D eigenvalue weighted by atomic mass is 10.2. The molecule has 1 heterocycles. The number of halogens is 2. The van der Waals surface area contributed by atoms with Crippen molar-refractivity contribution in [1.82, 2.24) is 9.78 Å². The molecule has 0 spiro atoms. The Morgan fingerprint density at radius 2 is 2.24 bits per heavy atom. The van der Waals surface area contributed by atoms with Crippen LogP contribution in [-0.2, 0) is 11.3 Å². The van der Waals surface area contributed by atoms with E-state index in [1.165, 1.54) is 10.7 Å². The molecular weight excluding hydrogens is 250 g/mol. The number of aromatic nitrogens is 2. The highest BCUT2D eigenvalue weighted by Gasteiger charge is 2.17. The summed E-state index contributed by atoms with van der Waals surface area (Å²) in [6, 6.07) is 1.25. The van der Waals surface area contributed by atoms with E-state index in [0.29, 0.717) is 11.6 Å². The molecule has 17 heavy (non-hydrogen) atoms. The minimum Gasteiger partial charge on any atom is -0.481 e. The minimum absolute atomic E-state index is 0.160. The van der Waals surface area contributed by atoms with E-state index >= 15 is 0 Å². The first kappa shape index (κ1) is 14.0. The van der Waals surface area contributed by atoms with Crippen molar-refractivity contribution in [3.63, 3.8) is 0 Å². The number of aliphatic carboxylic acids is 1. The van der Waals surface area contributed by atoms with Crippen LogP contribution in [0.1, 0.15) is 26.0 Å². The topological polar surface area (TPSA) is 55.1 Å². The predicted molar refractivity (Wildman–Crippen MR) is 60.4 cm³/mol. The summed E-state index contributed by atoms with van der Waals surface area (Å²) in [6.07, 6.45) is -2.63. The molecule has 0 aromatic carbocycles. The third kappa shape index (κ3) is 4.33. The van der Waals surface area contributed by atoms with Gasteiger partial charge in [0.05, 0.1) is 10.8 Å². The van der Waals surface area contributed by atoms with E-state index in [4.69, 9.17) is 5.11 Å². The normalized spacial score (nSPS) is 11.4. The van der Waals surface area contributed by atoms with E-state index in [-0.39, 0.29) is 17.4 Å². The highest BCUT2D eigenvalue weighted by Crippen LogP contribution is 2.25. The standard InChI is InChI=1S/C10H14F2N2O2S/c1-6(2)4-14-8(17-5-9(15)16)3-7(13-14)10(11)12/h3,6,10H,4-5H2,1-2H3,(H,15,16). The number of carboxylic acid groups (broad SMARTS) is 1. The van der Waals surface area contributed by atoms with Crippen molar-refractivity contribution >= 4 is 17.7 Å². The summed E-state index contributed by atoms with van der Waals surface area (Å²) in [5.41, 5.74) is -0.307. The van der Waals surface area contributed by atoms with Gasteiger partial charge in [-0.05, 0) is 12.0 Å². The van der Waals surface area contributed by atoms with Crippen molar-refractivity contribution in [2.45, 2.75) is 31.8 Å². The zero-order chi connectivity index (χ0) is 13.0.